The summed E-state index contributed by atoms with van der Waals surface area (Å²) in [5, 5.41) is -0.243. The molecule has 2 aromatic carbocycles. The molecule has 0 bridgehead atoms. The molecule has 0 aromatic heterocycles. The maximum Gasteiger partial charge on any atom is 0.243 e. The molecule has 0 N–H and O–H groups in total. The predicted octanol–water partition coefficient (Wildman–Crippen LogP) is 2.84. The highest BCUT2D eigenvalue weighted by Gasteiger charge is 2.31. The van der Waals surface area contributed by atoms with E-state index in [9.17, 15) is 17.6 Å². The highest BCUT2D eigenvalue weighted by atomic mass is 32.2. The van der Waals surface area contributed by atoms with Crippen molar-refractivity contribution >= 4 is 27.7 Å². The molecule has 1 heterocycles. The molecule has 27 heavy (non-hydrogen) atoms. The molecule has 0 saturated carbocycles. The molecule has 3 rings (SSSR count). The van der Waals surface area contributed by atoms with Crippen LogP contribution in [0.1, 0.15) is 6.92 Å². The number of thioether (sulfide) groups is 1. The third-order valence-corrected chi connectivity index (χ3v) is 7.42. The number of rotatable bonds is 5. The minimum absolute atomic E-state index is 0.00248. The first kappa shape index (κ1) is 19.9. The molecule has 8 heteroatoms. The number of hydrogen-bond donors (Lipinski definition) is 0. The van der Waals surface area contributed by atoms with Crippen molar-refractivity contribution in [3.8, 4) is 0 Å². The maximum absolute atomic E-state index is 13.0. The van der Waals surface area contributed by atoms with Crippen LogP contribution < -0.4 is 0 Å². The van der Waals surface area contributed by atoms with E-state index in [-0.39, 0.29) is 29.1 Å². The van der Waals surface area contributed by atoms with E-state index in [0.717, 1.165) is 17.0 Å². The van der Waals surface area contributed by atoms with E-state index in [1.165, 1.54) is 28.2 Å². The molecular weight excluding hydrogens is 387 g/mol. The van der Waals surface area contributed by atoms with Gasteiger partial charge in [0.2, 0.25) is 15.9 Å². The molecule has 0 spiro atoms. The lowest BCUT2D eigenvalue weighted by Crippen LogP contribution is -2.52. The van der Waals surface area contributed by atoms with Gasteiger partial charge in [0.05, 0.1) is 10.1 Å². The average Bonchev–Trinajstić information content (AvgIpc) is 2.68. The molecule has 144 valence electrons. The van der Waals surface area contributed by atoms with Crippen molar-refractivity contribution in [2.24, 2.45) is 0 Å². The Labute approximate surface area is 163 Å². The van der Waals surface area contributed by atoms with E-state index < -0.39 is 15.8 Å². The standard InChI is InChI=1S/C19H21FN2O3S2/c1-15(26-17-5-3-2-4-6-17)19(23)21-11-13-22(14-12-21)27(24,25)18-9-7-16(20)8-10-18/h2-10,15H,11-14H2,1H3/t15-/m0/s1. The normalized spacial score (nSPS) is 16.9. The summed E-state index contributed by atoms with van der Waals surface area (Å²) < 4.78 is 39.7. The molecule has 0 unspecified atom stereocenters. The summed E-state index contributed by atoms with van der Waals surface area (Å²) in [7, 11) is -3.67. The molecule has 0 radical (unpaired) electrons. The highest BCUT2D eigenvalue weighted by molar-refractivity contribution is 8.00. The number of benzene rings is 2. The summed E-state index contributed by atoms with van der Waals surface area (Å²) in [6, 6.07) is 14.5. The third kappa shape index (κ3) is 4.69. The fourth-order valence-corrected chi connectivity index (χ4v) is 5.31. The number of carbonyl (C=O) groups excluding carboxylic acids is 1. The molecule has 1 amide bonds. The summed E-state index contributed by atoms with van der Waals surface area (Å²) in [5.74, 6) is -0.475. The quantitative estimate of drug-likeness (QED) is 0.714. The van der Waals surface area contributed by atoms with Gasteiger partial charge in [-0.25, -0.2) is 12.8 Å². The number of sulfonamides is 1. The van der Waals surface area contributed by atoms with Crippen molar-refractivity contribution in [3.05, 3.63) is 60.4 Å². The van der Waals surface area contributed by atoms with Crippen molar-refractivity contribution in [2.75, 3.05) is 26.2 Å². The zero-order valence-electron chi connectivity index (χ0n) is 14.9. The van der Waals surface area contributed by atoms with Crippen LogP contribution in [-0.2, 0) is 14.8 Å². The van der Waals surface area contributed by atoms with Gasteiger partial charge in [-0.3, -0.25) is 4.79 Å². The van der Waals surface area contributed by atoms with Gasteiger partial charge in [0.1, 0.15) is 5.82 Å². The maximum atomic E-state index is 13.0. The van der Waals surface area contributed by atoms with Crippen LogP contribution in [0.25, 0.3) is 0 Å². The molecular formula is C19H21FN2O3S2. The largest absolute Gasteiger partial charge is 0.339 e. The Morgan fingerprint density at radius 3 is 2.19 bits per heavy atom. The van der Waals surface area contributed by atoms with Gasteiger partial charge in [-0.15, -0.1) is 11.8 Å². The van der Waals surface area contributed by atoms with E-state index in [4.69, 9.17) is 0 Å². The van der Waals surface area contributed by atoms with Gasteiger partial charge < -0.3 is 4.90 Å². The van der Waals surface area contributed by atoms with Crippen LogP contribution in [0.5, 0.6) is 0 Å². The average molecular weight is 409 g/mol. The van der Waals surface area contributed by atoms with E-state index in [1.807, 2.05) is 37.3 Å². The lowest BCUT2D eigenvalue weighted by Gasteiger charge is -2.35. The van der Waals surface area contributed by atoms with Crippen molar-refractivity contribution in [2.45, 2.75) is 22.0 Å². The summed E-state index contributed by atoms with van der Waals surface area (Å²) in [6.07, 6.45) is 0. The second kappa shape index (κ2) is 8.41. The van der Waals surface area contributed by atoms with Gasteiger partial charge >= 0.3 is 0 Å². The monoisotopic (exact) mass is 408 g/mol. The van der Waals surface area contributed by atoms with E-state index in [1.54, 1.807) is 4.90 Å². The van der Waals surface area contributed by atoms with Gasteiger partial charge in [0.25, 0.3) is 0 Å². The van der Waals surface area contributed by atoms with Gasteiger partial charge in [0, 0.05) is 31.1 Å². The molecule has 1 atom stereocenters. The van der Waals surface area contributed by atoms with E-state index in [0.29, 0.717) is 13.1 Å². The third-order valence-electron chi connectivity index (χ3n) is 4.41. The molecule has 0 aliphatic carbocycles. The van der Waals surface area contributed by atoms with Crippen molar-refractivity contribution in [1.29, 1.82) is 0 Å². The van der Waals surface area contributed by atoms with Crippen LogP contribution in [0.3, 0.4) is 0 Å². The van der Waals surface area contributed by atoms with Crippen molar-refractivity contribution in [1.82, 2.24) is 9.21 Å². The highest BCUT2D eigenvalue weighted by Crippen LogP contribution is 2.25. The van der Waals surface area contributed by atoms with Crippen LogP contribution in [0.15, 0.2) is 64.4 Å². The zero-order chi connectivity index (χ0) is 19.4. The first-order chi connectivity index (χ1) is 12.9. The Hall–Kier alpha value is -1.90. The summed E-state index contributed by atoms with van der Waals surface area (Å²) in [5.41, 5.74) is 0. The second-order valence-electron chi connectivity index (χ2n) is 6.26. The van der Waals surface area contributed by atoms with Gasteiger partial charge in [-0.1, -0.05) is 18.2 Å². The van der Waals surface area contributed by atoms with Crippen molar-refractivity contribution < 1.29 is 17.6 Å². The van der Waals surface area contributed by atoms with Gasteiger partial charge in [-0.2, -0.15) is 4.31 Å². The van der Waals surface area contributed by atoms with Gasteiger partial charge in [0.15, 0.2) is 0 Å². The Morgan fingerprint density at radius 1 is 1.00 bits per heavy atom. The number of carbonyl (C=O) groups is 1. The van der Waals surface area contributed by atoms with Gasteiger partial charge in [-0.05, 0) is 43.3 Å². The Bertz CT molecular complexity index is 881. The van der Waals surface area contributed by atoms with E-state index >= 15 is 0 Å². The Kier molecular flexibility index (Phi) is 6.18. The fraction of sp³-hybridized carbons (Fsp3) is 0.316. The Balaban J connectivity index is 1.59. The lowest BCUT2D eigenvalue weighted by atomic mass is 10.3. The molecule has 1 aliphatic rings. The predicted molar refractivity (Wildman–Crippen MR) is 103 cm³/mol. The number of piperazine rings is 1. The zero-order valence-corrected chi connectivity index (χ0v) is 16.5. The van der Waals surface area contributed by atoms with Crippen LogP contribution in [0.2, 0.25) is 0 Å². The van der Waals surface area contributed by atoms with Crippen LogP contribution in [0, 0.1) is 5.82 Å². The Morgan fingerprint density at radius 2 is 1.59 bits per heavy atom. The smallest absolute Gasteiger partial charge is 0.243 e. The number of amides is 1. The van der Waals surface area contributed by atoms with Crippen LogP contribution >= 0.6 is 11.8 Å². The lowest BCUT2D eigenvalue weighted by molar-refractivity contribution is -0.131. The molecule has 5 nitrogen and oxygen atoms in total. The topological polar surface area (TPSA) is 57.7 Å². The molecule has 1 fully saturated rings. The minimum atomic E-state index is -3.67. The van der Waals surface area contributed by atoms with Crippen LogP contribution in [0.4, 0.5) is 4.39 Å². The van der Waals surface area contributed by atoms with E-state index in [2.05, 4.69) is 0 Å². The first-order valence-electron chi connectivity index (χ1n) is 8.64. The summed E-state index contributed by atoms with van der Waals surface area (Å²) in [6.45, 7) is 3.02. The SMILES string of the molecule is C[C@H](Sc1ccccc1)C(=O)N1CCN(S(=O)(=O)c2ccc(F)cc2)CC1. The number of halogens is 1. The number of nitrogens with zero attached hydrogens (tertiary/aromatic N) is 2. The minimum Gasteiger partial charge on any atom is -0.339 e. The van der Waals surface area contributed by atoms with Crippen molar-refractivity contribution in [3.63, 3.8) is 0 Å². The molecule has 2 aromatic rings. The first-order valence-corrected chi connectivity index (χ1v) is 11.0. The second-order valence-corrected chi connectivity index (χ2v) is 9.61. The molecule has 1 aliphatic heterocycles. The molecule has 1 saturated heterocycles. The number of hydrogen-bond acceptors (Lipinski definition) is 4. The fourth-order valence-electron chi connectivity index (χ4n) is 2.92. The summed E-state index contributed by atoms with van der Waals surface area (Å²) >= 11 is 1.49. The summed E-state index contributed by atoms with van der Waals surface area (Å²) in [4.78, 5) is 15.5. The van der Waals surface area contributed by atoms with Crippen LogP contribution in [-0.4, -0.2) is 55.0 Å².